The third-order valence-electron chi connectivity index (χ3n) is 4.83. The Labute approximate surface area is 159 Å². The van der Waals surface area contributed by atoms with Crippen LogP contribution >= 0.6 is 0 Å². The summed E-state index contributed by atoms with van der Waals surface area (Å²) >= 11 is 0. The molecule has 27 heavy (non-hydrogen) atoms. The maximum atomic E-state index is 12.1. The second-order valence-electron chi connectivity index (χ2n) is 6.55. The molecule has 0 spiro atoms. The van der Waals surface area contributed by atoms with E-state index in [4.69, 9.17) is 4.74 Å². The number of rotatable bonds is 9. The quantitative estimate of drug-likeness (QED) is 0.677. The van der Waals surface area contributed by atoms with Gasteiger partial charge >= 0.3 is 0 Å². The van der Waals surface area contributed by atoms with Gasteiger partial charge in [-0.3, -0.25) is 9.69 Å². The zero-order valence-electron chi connectivity index (χ0n) is 16.2. The first-order valence-electron chi connectivity index (χ1n) is 9.74. The van der Waals surface area contributed by atoms with Gasteiger partial charge in [0.25, 0.3) is 0 Å². The van der Waals surface area contributed by atoms with Crippen LogP contribution in [0.2, 0.25) is 0 Å². The lowest BCUT2D eigenvalue weighted by Crippen LogP contribution is -2.41. The monoisotopic (exact) mass is 375 g/mol. The highest BCUT2D eigenvalue weighted by Gasteiger charge is 2.13. The molecular weight excluding hydrogens is 346 g/mol. The summed E-state index contributed by atoms with van der Waals surface area (Å²) < 4.78 is 7.07. The predicted molar refractivity (Wildman–Crippen MR) is 103 cm³/mol. The topological polar surface area (TPSA) is 87.9 Å². The standard InChI is InChI=1S/C18H29N7O2/c1-3-24(4-2)17-6-5-15-20-21-16(25(15)22-17)7-8-18(26)19-9-10-23-11-13-27-14-12-23/h5-6H,3-4,7-14H2,1-2H3,(H,19,26). The Morgan fingerprint density at radius 3 is 2.74 bits per heavy atom. The van der Waals surface area contributed by atoms with Gasteiger partial charge in [-0.2, -0.15) is 4.52 Å². The number of nitrogens with zero attached hydrogens (tertiary/aromatic N) is 6. The Hall–Kier alpha value is -2.26. The van der Waals surface area contributed by atoms with Crippen molar-refractivity contribution in [2.24, 2.45) is 0 Å². The van der Waals surface area contributed by atoms with E-state index in [1.165, 1.54) is 0 Å². The number of aryl methyl sites for hydroxylation is 1. The minimum Gasteiger partial charge on any atom is -0.379 e. The fourth-order valence-electron chi connectivity index (χ4n) is 3.19. The van der Waals surface area contributed by atoms with Crippen molar-refractivity contribution >= 4 is 17.4 Å². The van der Waals surface area contributed by atoms with Crippen molar-refractivity contribution in [3.05, 3.63) is 18.0 Å². The number of nitrogens with one attached hydrogen (secondary N) is 1. The second kappa shape index (κ2) is 9.61. The molecule has 9 nitrogen and oxygen atoms in total. The molecule has 0 radical (unpaired) electrons. The Kier molecular flexibility index (Phi) is 6.94. The highest BCUT2D eigenvalue weighted by atomic mass is 16.5. The van der Waals surface area contributed by atoms with Crippen molar-refractivity contribution in [2.75, 3.05) is 57.4 Å². The molecule has 3 rings (SSSR count). The lowest BCUT2D eigenvalue weighted by atomic mass is 10.3. The number of carbonyl (C=O) groups excluding carboxylic acids is 1. The van der Waals surface area contributed by atoms with E-state index in [1.807, 2.05) is 12.1 Å². The Morgan fingerprint density at radius 1 is 1.22 bits per heavy atom. The number of hydrogen-bond acceptors (Lipinski definition) is 7. The predicted octanol–water partition coefficient (Wildman–Crippen LogP) is 0.352. The molecule has 2 aromatic heterocycles. The molecule has 3 heterocycles. The minimum absolute atomic E-state index is 0.0277. The molecule has 0 aromatic carbocycles. The van der Waals surface area contributed by atoms with Crippen LogP contribution in [0, 0.1) is 0 Å². The third-order valence-corrected chi connectivity index (χ3v) is 4.83. The van der Waals surface area contributed by atoms with Crippen LogP contribution in [0.1, 0.15) is 26.1 Å². The maximum Gasteiger partial charge on any atom is 0.220 e. The molecule has 9 heteroatoms. The normalized spacial score (nSPS) is 15.2. The highest BCUT2D eigenvalue weighted by Crippen LogP contribution is 2.12. The van der Waals surface area contributed by atoms with Crippen LogP contribution in [0.3, 0.4) is 0 Å². The molecule has 1 aliphatic rings. The van der Waals surface area contributed by atoms with Gasteiger partial charge in [0.05, 0.1) is 13.2 Å². The van der Waals surface area contributed by atoms with E-state index in [0.29, 0.717) is 30.9 Å². The summed E-state index contributed by atoms with van der Waals surface area (Å²) in [5.74, 6) is 1.63. The highest BCUT2D eigenvalue weighted by molar-refractivity contribution is 5.76. The minimum atomic E-state index is 0.0277. The number of morpholine rings is 1. The van der Waals surface area contributed by atoms with E-state index in [-0.39, 0.29) is 5.91 Å². The van der Waals surface area contributed by atoms with Crippen molar-refractivity contribution in [3.63, 3.8) is 0 Å². The van der Waals surface area contributed by atoms with Gasteiger partial charge in [0, 0.05) is 52.1 Å². The van der Waals surface area contributed by atoms with Gasteiger partial charge in [0.1, 0.15) is 5.82 Å². The molecule has 148 valence electrons. The first-order valence-corrected chi connectivity index (χ1v) is 9.74. The number of fused-ring (bicyclic) bond motifs is 1. The van der Waals surface area contributed by atoms with Crippen LogP contribution in [0.4, 0.5) is 5.82 Å². The van der Waals surface area contributed by atoms with Gasteiger partial charge in [0.15, 0.2) is 11.5 Å². The number of ether oxygens (including phenoxy) is 1. The lowest BCUT2D eigenvalue weighted by molar-refractivity contribution is -0.121. The fraction of sp³-hybridized carbons (Fsp3) is 0.667. The smallest absolute Gasteiger partial charge is 0.220 e. The van der Waals surface area contributed by atoms with Crippen molar-refractivity contribution in [1.82, 2.24) is 30.0 Å². The van der Waals surface area contributed by atoms with Crippen molar-refractivity contribution < 1.29 is 9.53 Å². The first-order chi connectivity index (χ1) is 13.2. The van der Waals surface area contributed by atoms with Gasteiger partial charge in [0.2, 0.25) is 5.91 Å². The molecular formula is C18H29N7O2. The summed E-state index contributed by atoms with van der Waals surface area (Å²) in [5.41, 5.74) is 0.702. The van der Waals surface area contributed by atoms with E-state index in [2.05, 4.69) is 44.3 Å². The number of amides is 1. The van der Waals surface area contributed by atoms with Crippen LogP contribution in [-0.4, -0.2) is 83.1 Å². The SMILES string of the molecule is CCN(CC)c1ccc2nnc(CCC(=O)NCCN3CCOCC3)n2n1. The van der Waals surface area contributed by atoms with E-state index in [0.717, 1.165) is 51.8 Å². The average molecular weight is 375 g/mol. The van der Waals surface area contributed by atoms with Gasteiger partial charge in [-0.1, -0.05) is 0 Å². The number of anilines is 1. The van der Waals surface area contributed by atoms with Gasteiger partial charge in [-0.25, -0.2) is 0 Å². The number of hydrogen-bond donors (Lipinski definition) is 1. The Morgan fingerprint density at radius 2 is 2.00 bits per heavy atom. The zero-order valence-corrected chi connectivity index (χ0v) is 16.2. The van der Waals surface area contributed by atoms with E-state index >= 15 is 0 Å². The molecule has 0 unspecified atom stereocenters. The molecule has 1 saturated heterocycles. The fourth-order valence-corrected chi connectivity index (χ4v) is 3.19. The maximum absolute atomic E-state index is 12.1. The number of carbonyl (C=O) groups is 1. The van der Waals surface area contributed by atoms with Crippen LogP contribution in [-0.2, 0) is 16.0 Å². The molecule has 0 bridgehead atoms. The third kappa shape index (κ3) is 5.14. The molecule has 1 amide bonds. The summed E-state index contributed by atoms with van der Waals surface area (Å²) in [4.78, 5) is 16.6. The Bertz CT molecular complexity index is 738. The van der Waals surface area contributed by atoms with Crippen molar-refractivity contribution in [1.29, 1.82) is 0 Å². The van der Waals surface area contributed by atoms with Crippen molar-refractivity contribution in [3.8, 4) is 0 Å². The second-order valence-corrected chi connectivity index (χ2v) is 6.55. The average Bonchev–Trinajstić information content (AvgIpc) is 3.11. The summed E-state index contributed by atoms with van der Waals surface area (Å²) in [5, 5.41) is 16.0. The number of aromatic nitrogens is 4. The van der Waals surface area contributed by atoms with Crippen LogP contribution in [0.25, 0.3) is 5.65 Å². The molecule has 1 fully saturated rings. The van der Waals surface area contributed by atoms with Crippen LogP contribution < -0.4 is 10.2 Å². The van der Waals surface area contributed by atoms with E-state index < -0.39 is 0 Å². The van der Waals surface area contributed by atoms with Crippen LogP contribution in [0.5, 0.6) is 0 Å². The molecule has 1 aliphatic heterocycles. The first kappa shape index (κ1) is 19.5. The van der Waals surface area contributed by atoms with E-state index in [9.17, 15) is 4.79 Å². The molecule has 1 N–H and O–H groups in total. The lowest BCUT2D eigenvalue weighted by Gasteiger charge is -2.26. The van der Waals surface area contributed by atoms with Gasteiger partial charge in [-0.15, -0.1) is 15.3 Å². The molecule has 2 aromatic rings. The van der Waals surface area contributed by atoms with Crippen LogP contribution in [0.15, 0.2) is 12.1 Å². The molecule has 0 aliphatic carbocycles. The summed E-state index contributed by atoms with van der Waals surface area (Å²) in [6.45, 7) is 10.9. The summed E-state index contributed by atoms with van der Waals surface area (Å²) in [6, 6.07) is 3.87. The summed E-state index contributed by atoms with van der Waals surface area (Å²) in [6.07, 6.45) is 0.889. The van der Waals surface area contributed by atoms with Gasteiger partial charge < -0.3 is 15.0 Å². The molecule has 0 atom stereocenters. The van der Waals surface area contributed by atoms with Crippen molar-refractivity contribution in [2.45, 2.75) is 26.7 Å². The van der Waals surface area contributed by atoms with E-state index in [1.54, 1.807) is 4.52 Å². The largest absolute Gasteiger partial charge is 0.379 e. The molecule has 0 saturated carbocycles. The Balaban J connectivity index is 1.51. The summed E-state index contributed by atoms with van der Waals surface area (Å²) in [7, 11) is 0. The van der Waals surface area contributed by atoms with Gasteiger partial charge in [-0.05, 0) is 26.0 Å². The zero-order chi connectivity index (χ0) is 19.1.